The summed E-state index contributed by atoms with van der Waals surface area (Å²) in [6, 6.07) is 17.8. The van der Waals surface area contributed by atoms with Crippen molar-refractivity contribution < 1.29 is 4.42 Å². The van der Waals surface area contributed by atoms with Gasteiger partial charge in [0.1, 0.15) is 5.52 Å². The molecular weight excluding hydrogens is 210 g/mol. The molecule has 3 rings (SSSR count). The minimum absolute atomic E-state index is 0.634. The van der Waals surface area contributed by atoms with Gasteiger partial charge in [-0.1, -0.05) is 42.5 Å². The van der Waals surface area contributed by atoms with Crippen molar-refractivity contribution in [1.29, 1.82) is 0 Å². The summed E-state index contributed by atoms with van der Waals surface area (Å²) >= 11 is 0. The van der Waals surface area contributed by atoms with Crippen molar-refractivity contribution in [3.05, 3.63) is 66.1 Å². The Morgan fingerprint density at radius 2 is 1.59 bits per heavy atom. The summed E-state index contributed by atoms with van der Waals surface area (Å²) < 4.78 is 5.59. The maximum atomic E-state index is 5.59. The van der Waals surface area contributed by atoms with E-state index >= 15 is 0 Å². The maximum absolute atomic E-state index is 5.59. The van der Waals surface area contributed by atoms with E-state index in [1.54, 1.807) is 0 Å². The molecule has 3 aromatic rings. The zero-order valence-electron chi connectivity index (χ0n) is 9.21. The predicted octanol–water partition coefficient (Wildman–Crippen LogP) is 4.00. The highest BCUT2D eigenvalue weighted by atomic mass is 16.3. The molecule has 2 heteroatoms. The summed E-state index contributed by atoms with van der Waals surface area (Å²) in [4.78, 5) is 4.37. The van der Waals surface area contributed by atoms with Crippen molar-refractivity contribution >= 4 is 23.3 Å². The Morgan fingerprint density at radius 3 is 2.41 bits per heavy atom. The molecule has 0 amide bonds. The van der Waals surface area contributed by atoms with E-state index in [0.717, 1.165) is 16.7 Å². The molecule has 0 radical (unpaired) electrons. The zero-order chi connectivity index (χ0) is 11.5. The highest BCUT2D eigenvalue weighted by molar-refractivity contribution is 5.75. The largest absolute Gasteiger partial charge is 0.437 e. The Kier molecular flexibility index (Phi) is 2.47. The van der Waals surface area contributed by atoms with Crippen LogP contribution in [-0.2, 0) is 0 Å². The van der Waals surface area contributed by atoms with E-state index < -0.39 is 0 Å². The average molecular weight is 221 g/mol. The number of aromatic nitrogens is 1. The smallest absolute Gasteiger partial charge is 0.220 e. The van der Waals surface area contributed by atoms with Gasteiger partial charge in [-0.3, -0.25) is 0 Å². The molecule has 0 aliphatic carbocycles. The number of rotatable bonds is 2. The summed E-state index contributed by atoms with van der Waals surface area (Å²) in [6.07, 6.45) is 3.88. The highest BCUT2D eigenvalue weighted by Gasteiger charge is 2.00. The van der Waals surface area contributed by atoms with Crippen LogP contribution in [-0.4, -0.2) is 4.98 Å². The first-order valence-electron chi connectivity index (χ1n) is 5.50. The SMILES string of the molecule is C(=C/c1nc2ccccc2o1)/c1ccccc1. The van der Waals surface area contributed by atoms with Crippen LogP contribution in [0.1, 0.15) is 11.5 Å². The molecule has 0 spiro atoms. The Balaban J connectivity index is 1.92. The third kappa shape index (κ3) is 2.11. The molecule has 2 nitrogen and oxygen atoms in total. The molecule has 82 valence electrons. The van der Waals surface area contributed by atoms with Crippen LogP contribution in [0.5, 0.6) is 0 Å². The van der Waals surface area contributed by atoms with Crippen LogP contribution in [0.15, 0.2) is 59.0 Å². The first-order valence-corrected chi connectivity index (χ1v) is 5.50. The van der Waals surface area contributed by atoms with Gasteiger partial charge >= 0.3 is 0 Å². The second-order valence-electron chi connectivity index (χ2n) is 3.76. The van der Waals surface area contributed by atoms with E-state index in [0.29, 0.717) is 5.89 Å². The summed E-state index contributed by atoms with van der Waals surface area (Å²) in [5.41, 5.74) is 2.84. The molecule has 0 N–H and O–H groups in total. The van der Waals surface area contributed by atoms with Gasteiger partial charge in [0.05, 0.1) is 0 Å². The monoisotopic (exact) mass is 221 g/mol. The average Bonchev–Trinajstić information content (AvgIpc) is 2.80. The molecule has 0 fully saturated rings. The first-order chi connectivity index (χ1) is 8.42. The summed E-state index contributed by atoms with van der Waals surface area (Å²) in [7, 11) is 0. The fraction of sp³-hybridized carbons (Fsp3) is 0. The van der Waals surface area contributed by atoms with Gasteiger partial charge in [0, 0.05) is 6.08 Å². The van der Waals surface area contributed by atoms with E-state index in [1.165, 1.54) is 0 Å². The Labute approximate surface area is 99.2 Å². The van der Waals surface area contributed by atoms with Gasteiger partial charge in [-0.15, -0.1) is 0 Å². The number of hydrogen-bond acceptors (Lipinski definition) is 2. The summed E-state index contributed by atoms with van der Waals surface area (Å²) in [6.45, 7) is 0. The van der Waals surface area contributed by atoms with Crippen molar-refractivity contribution in [3.8, 4) is 0 Å². The van der Waals surface area contributed by atoms with Crippen LogP contribution >= 0.6 is 0 Å². The van der Waals surface area contributed by atoms with E-state index in [1.807, 2.05) is 66.7 Å². The van der Waals surface area contributed by atoms with Gasteiger partial charge in [-0.2, -0.15) is 0 Å². The normalized spacial score (nSPS) is 11.3. The Morgan fingerprint density at radius 1 is 0.824 bits per heavy atom. The van der Waals surface area contributed by atoms with Crippen LogP contribution in [0, 0.1) is 0 Å². The highest BCUT2D eigenvalue weighted by Crippen LogP contribution is 2.16. The molecular formula is C15H11NO. The topological polar surface area (TPSA) is 26.0 Å². The quantitative estimate of drug-likeness (QED) is 0.653. The van der Waals surface area contributed by atoms with Gasteiger partial charge in [-0.05, 0) is 23.8 Å². The second kappa shape index (κ2) is 4.26. The lowest BCUT2D eigenvalue weighted by Gasteiger charge is -1.88. The number of para-hydroxylation sites is 2. The lowest BCUT2D eigenvalue weighted by atomic mass is 10.2. The molecule has 1 heterocycles. The number of fused-ring (bicyclic) bond motifs is 1. The second-order valence-corrected chi connectivity index (χ2v) is 3.76. The minimum atomic E-state index is 0.634. The molecule has 17 heavy (non-hydrogen) atoms. The van der Waals surface area contributed by atoms with Gasteiger partial charge in [0.15, 0.2) is 5.58 Å². The van der Waals surface area contributed by atoms with Crippen LogP contribution in [0.2, 0.25) is 0 Å². The van der Waals surface area contributed by atoms with Crippen molar-refractivity contribution in [2.24, 2.45) is 0 Å². The molecule has 0 saturated heterocycles. The number of hydrogen-bond donors (Lipinski definition) is 0. The van der Waals surface area contributed by atoms with Crippen molar-refractivity contribution in [3.63, 3.8) is 0 Å². The van der Waals surface area contributed by atoms with Crippen molar-refractivity contribution in [1.82, 2.24) is 4.98 Å². The van der Waals surface area contributed by atoms with Crippen molar-refractivity contribution in [2.75, 3.05) is 0 Å². The molecule has 0 atom stereocenters. The predicted molar refractivity (Wildman–Crippen MR) is 69.4 cm³/mol. The van der Waals surface area contributed by atoms with Crippen LogP contribution in [0.3, 0.4) is 0 Å². The Hall–Kier alpha value is -2.35. The fourth-order valence-corrected chi connectivity index (χ4v) is 1.69. The maximum Gasteiger partial charge on any atom is 0.220 e. The molecule has 0 aliphatic heterocycles. The van der Waals surface area contributed by atoms with Gasteiger partial charge in [-0.25, -0.2) is 4.98 Å². The summed E-state index contributed by atoms with van der Waals surface area (Å²) in [5, 5.41) is 0. The van der Waals surface area contributed by atoms with Crippen molar-refractivity contribution in [2.45, 2.75) is 0 Å². The molecule has 1 aromatic heterocycles. The van der Waals surface area contributed by atoms with E-state index in [-0.39, 0.29) is 0 Å². The van der Waals surface area contributed by atoms with Gasteiger partial charge in [0.25, 0.3) is 0 Å². The number of benzene rings is 2. The van der Waals surface area contributed by atoms with E-state index in [9.17, 15) is 0 Å². The first kappa shape index (κ1) is 9.85. The standard InChI is InChI=1S/C15H11NO/c1-2-6-12(7-3-1)10-11-15-16-13-8-4-5-9-14(13)17-15/h1-11H/b11-10-. The third-order valence-corrected chi connectivity index (χ3v) is 2.53. The lowest BCUT2D eigenvalue weighted by molar-refractivity contribution is 0.590. The summed E-state index contributed by atoms with van der Waals surface area (Å²) in [5.74, 6) is 0.634. The number of nitrogens with zero attached hydrogens (tertiary/aromatic N) is 1. The van der Waals surface area contributed by atoms with Gasteiger partial charge in [0.2, 0.25) is 5.89 Å². The minimum Gasteiger partial charge on any atom is -0.437 e. The zero-order valence-corrected chi connectivity index (χ0v) is 9.21. The van der Waals surface area contributed by atoms with Crippen LogP contribution in [0.25, 0.3) is 23.3 Å². The third-order valence-electron chi connectivity index (χ3n) is 2.53. The van der Waals surface area contributed by atoms with Crippen LogP contribution in [0.4, 0.5) is 0 Å². The lowest BCUT2D eigenvalue weighted by Crippen LogP contribution is -1.71. The van der Waals surface area contributed by atoms with E-state index in [2.05, 4.69) is 4.98 Å². The molecule has 0 aliphatic rings. The molecule has 0 saturated carbocycles. The molecule has 0 unspecified atom stereocenters. The van der Waals surface area contributed by atoms with Crippen LogP contribution < -0.4 is 0 Å². The van der Waals surface area contributed by atoms with Gasteiger partial charge < -0.3 is 4.42 Å². The Bertz CT molecular complexity index is 620. The van der Waals surface area contributed by atoms with E-state index in [4.69, 9.17) is 4.42 Å². The fourth-order valence-electron chi connectivity index (χ4n) is 1.69. The molecule has 0 bridgehead atoms. The molecule has 2 aromatic carbocycles. The number of oxazole rings is 1.